The van der Waals surface area contributed by atoms with E-state index in [2.05, 4.69) is 25.9 Å². The van der Waals surface area contributed by atoms with Gasteiger partial charge in [0.05, 0.1) is 11.4 Å². The van der Waals surface area contributed by atoms with Gasteiger partial charge >= 0.3 is 0 Å². The molecule has 26 heavy (non-hydrogen) atoms. The van der Waals surface area contributed by atoms with E-state index in [-0.39, 0.29) is 5.82 Å². The van der Waals surface area contributed by atoms with Crippen LogP contribution in [0, 0.1) is 5.82 Å². The standard InChI is InChI=1S/C21H21FN4/c22-19-7-1-5-17(12-19)20-21(25-10-9-24-20)18-6-3-11-26(15-18)14-16-4-2-8-23-13-16/h1-2,4-5,7-10,12-13,18H,3,6,11,14-15H2/t18-/m1/s1. The summed E-state index contributed by atoms with van der Waals surface area (Å²) in [4.78, 5) is 15.8. The van der Waals surface area contributed by atoms with Crippen molar-refractivity contribution in [1.82, 2.24) is 19.9 Å². The largest absolute Gasteiger partial charge is 0.298 e. The molecular formula is C21H21FN4. The molecule has 0 amide bonds. The van der Waals surface area contributed by atoms with Crippen LogP contribution in [0.4, 0.5) is 4.39 Å². The van der Waals surface area contributed by atoms with Crippen molar-refractivity contribution in [3.8, 4) is 11.3 Å². The van der Waals surface area contributed by atoms with Crippen LogP contribution in [-0.4, -0.2) is 32.9 Å². The van der Waals surface area contributed by atoms with Crippen molar-refractivity contribution in [2.24, 2.45) is 0 Å². The summed E-state index contributed by atoms with van der Waals surface area (Å²) in [6.45, 7) is 2.89. The van der Waals surface area contributed by atoms with Gasteiger partial charge in [-0.25, -0.2) is 4.39 Å². The third-order valence-corrected chi connectivity index (χ3v) is 4.85. The van der Waals surface area contributed by atoms with Crippen molar-refractivity contribution in [2.45, 2.75) is 25.3 Å². The van der Waals surface area contributed by atoms with Gasteiger partial charge in [-0.2, -0.15) is 0 Å². The minimum Gasteiger partial charge on any atom is -0.298 e. The second kappa shape index (κ2) is 7.70. The highest BCUT2D eigenvalue weighted by Gasteiger charge is 2.25. The quantitative estimate of drug-likeness (QED) is 0.713. The molecule has 0 spiro atoms. The van der Waals surface area contributed by atoms with E-state index in [1.807, 2.05) is 18.3 Å². The Kier molecular flexibility index (Phi) is 4.97. The fourth-order valence-electron chi connectivity index (χ4n) is 3.68. The van der Waals surface area contributed by atoms with Crippen LogP contribution in [-0.2, 0) is 6.54 Å². The van der Waals surface area contributed by atoms with Crippen LogP contribution in [0.3, 0.4) is 0 Å². The van der Waals surface area contributed by atoms with Gasteiger partial charge < -0.3 is 0 Å². The minimum atomic E-state index is -0.249. The van der Waals surface area contributed by atoms with Gasteiger partial charge in [0.1, 0.15) is 5.82 Å². The average molecular weight is 348 g/mol. The zero-order valence-electron chi connectivity index (χ0n) is 14.6. The summed E-state index contributed by atoms with van der Waals surface area (Å²) in [5.41, 5.74) is 3.77. The first kappa shape index (κ1) is 16.8. The number of nitrogens with zero attached hydrogens (tertiary/aromatic N) is 4. The lowest BCUT2D eigenvalue weighted by Gasteiger charge is -2.33. The molecule has 1 fully saturated rings. The van der Waals surface area contributed by atoms with Gasteiger partial charge in [-0.15, -0.1) is 0 Å². The molecule has 2 aromatic heterocycles. The lowest BCUT2D eigenvalue weighted by Crippen LogP contribution is -2.34. The van der Waals surface area contributed by atoms with Crippen LogP contribution in [0.2, 0.25) is 0 Å². The molecule has 1 saturated heterocycles. The SMILES string of the molecule is Fc1cccc(-c2nccnc2[C@@H]2CCCN(Cc3cccnc3)C2)c1. The van der Waals surface area contributed by atoms with Crippen LogP contribution >= 0.6 is 0 Å². The Hall–Kier alpha value is -2.66. The molecule has 132 valence electrons. The summed E-state index contributed by atoms with van der Waals surface area (Å²) >= 11 is 0. The van der Waals surface area contributed by atoms with Crippen molar-refractivity contribution < 1.29 is 4.39 Å². The monoisotopic (exact) mass is 348 g/mol. The third kappa shape index (κ3) is 3.78. The van der Waals surface area contributed by atoms with E-state index in [9.17, 15) is 4.39 Å². The van der Waals surface area contributed by atoms with E-state index >= 15 is 0 Å². The normalized spacial score (nSPS) is 18.0. The number of hydrogen-bond donors (Lipinski definition) is 0. The topological polar surface area (TPSA) is 41.9 Å². The third-order valence-electron chi connectivity index (χ3n) is 4.85. The number of aromatic nitrogens is 3. The van der Waals surface area contributed by atoms with Crippen LogP contribution in [0.15, 0.2) is 61.2 Å². The average Bonchev–Trinajstić information content (AvgIpc) is 2.69. The molecule has 0 radical (unpaired) electrons. The maximum Gasteiger partial charge on any atom is 0.123 e. The predicted octanol–water partition coefficient (Wildman–Crippen LogP) is 4.06. The van der Waals surface area contributed by atoms with E-state index in [0.717, 1.165) is 49.4 Å². The molecule has 1 atom stereocenters. The molecule has 3 heterocycles. The Morgan fingerprint density at radius 1 is 1.08 bits per heavy atom. The van der Waals surface area contributed by atoms with Crippen LogP contribution in [0.5, 0.6) is 0 Å². The fraction of sp³-hybridized carbons (Fsp3) is 0.286. The van der Waals surface area contributed by atoms with E-state index < -0.39 is 0 Å². The fourth-order valence-corrected chi connectivity index (χ4v) is 3.68. The van der Waals surface area contributed by atoms with Gasteiger partial charge in [-0.05, 0) is 43.1 Å². The summed E-state index contributed by atoms with van der Waals surface area (Å²) in [6, 6.07) is 10.7. The second-order valence-electron chi connectivity index (χ2n) is 6.74. The summed E-state index contributed by atoms with van der Waals surface area (Å²) < 4.78 is 13.7. The highest BCUT2D eigenvalue weighted by Crippen LogP contribution is 2.32. The minimum absolute atomic E-state index is 0.249. The summed E-state index contributed by atoms with van der Waals surface area (Å²) in [7, 11) is 0. The van der Waals surface area contributed by atoms with Crippen LogP contribution < -0.4 is 0 Å². The summed E-state index contributed by atoms with van der Waals surface area (Å²) in [6.07, 6.45) is 9.32. The smallest absolute Gasteiger partial charge is 0.123 e. The predicted molar refractivity (Wildman–Crippen MR) is 98.9 cm³/mol. The van der Waals surface area contributed by atoms with E-state index in [0.29, 0.717) is 5.92 Å². The van der Waals surface area contributed by atoms with Gasteiger partial charge in [-0.3, -0.25) is 19.9 Å². The van der Waals surface area contributed by atoms with E-state index in [1.165, 1.54) is 17.7 Å². The van der Waals surface area contributed by atoms with Crippen molar-refractivity contribution in [3.05, 3.63) is 78.3 Å². The number of hydrogen-bond acceptors (Lipinski definition) is 4. The van der Waals surface area contributed by atoms with E-state index in [4.69, 9.17) is 0 Å². The first-order valence-corrected chi connectivity index (χ1v) is 8.98. The molecule has 0 aliphatic carbocycles. The van der Waals surface area contributed by atoms with E-state index in [1.54, 1.807) is 24.7 Å². The molecule has 0 N–H and O–H groups in total. The molecule has 5 heteroatoms. The number of rotatable bonds is 4. The maximum atomic E-state index is 13.7. The Morgan fingerprint density at radius 3 is 2.85 bits per heavy atom. The zero-order chi connectivity index (χ0) is 17.8. The maximum absolute atomic E-state index is 13.7. The van der Waals surface area contributed by atoms with Crippen LogP contribution in [0.25, 0.3) is 11.3 Å². The zero-order valence-corrected chi connectivity index (χ0v) is 14.6. The molecule has 0 unspecified atom stereocenters. The number of piperidine rings is 1. The van der Waals surface area contributed by atoms with Crippen molar-refractivity contribution in [3.63, 3.8) is 0 Å². The molecule has 4 nitrogen and oxygen atoms in total. The first-order chi connectivity index (χ1) is 12.8. The first-order valence-electron chi connectivity index (χ1n) is 8.98. The van der Waals surface area contributed by atoms with Crippen molar-refractivity contribution in [1.29, 1.82) is 0 Å². The molecule has 0 bridgehead atoms. The van der Waals surface area contributed by atoms with Gasteiger partial charge in [0.25, 0.3) is 0 Å². The summed E-state index contributed by atoms with van der Waals surface area (Å²) in [5, 5.41) is 0. The van der Waals surface area contributed by atoms with Crippen molar-refractivity contribution in [2.75, 3.05) is 13.1 Å². The molecule has 3 aromatic rings. The molecule has 1 aliphatic heterocycles. The Labute approximate surface area is 152 Å². The van der Waals surface area contributed by atoms with Crippen LogP contribution in [0.1, 0.15) is 30.0 Å². The number of pyridine rings is 1. The summed E-state index contributed by atoms with van der Waals surface area (Å²) in [5.74, 6) is 0.0494. The molecule has 1 aromatic carbocycles. The second-order valence-corrected chi connectivity index (χ2v) is 6.74. The Bertz CT molecular complexity index is 869. The van der Waals surface area contributed by atoms with Gasteiger partial charge in [0.15, 0.2) is 0 Å². The Balaban J connectivity index is 1.57. The molecular weight excluding hydrogens is 327 g/mol. The highest BCUT2D eigenvalue weighted by molar-refractivity contribution is 5.62. The highest BCUT2D eigenvalue weighted by atomic mass is 19.1. The molecule has 1 aliphatic rings. The van der Waals surface area contributed by atoms with Gasteiger partial charge in [0, 0.05) is 49.4 Å². The Morgan fingerprint density at radius 2 is 2.00 bits per heavy atom. The number of likely N-dealkylation sites (tertiary alicyclic amines) is 1. The molecule has 4 rings (SSSR count). The number of benzene rings is 1. The van der Waals surface area contributed by atoms with Gasteiger partial charge in [0.2, 0.25) is 0 Å². The van der Waals surface area contributed by atoms with Crippen molar-refractivity contribution >= 4 is 0 Å². The lowest BCUT2D eigenvalue weighted by molar-refractivity contribution is 0.198. The molecule has 0 saturated carbocycles. The van der Waals surface area contributed by atoms with Gasteiger partial charge in [-0.1, -0.05) is 18.2 Å². The lowest BCUT2D eigenvalue weighted by atomic mass is 9.91. The number of halogens is 1.